The quantitative estimate of drug-likeness (QED) is 0.931. The third-order valence-electron chi connectivity index (χ3n) is 5.67. The van der Waals surface area contributed by atoms with Gasteiger partial charge in [0, 0.05) is 31.1 Å². The standard InChI is InChI=1S/C19H27N3O/c23-19(20-18-13-17(18)15-7-2-1-3-8-15)22-12-6-9-16(14-22)21-10-4-5-11-21/h1-3,7-8,16-18H,4-6,9-14H2,(H,20,23). The molecule has 0 bridgehead atoms. The first-order valence-corrected chi connectivity index (χ1v) is 9.16. The van der Waals surface area contributed by atoms with Crippen molar-refractivity contribution in [3.05, 3.63) is 35.9 Å². The zero-order valence-corrected chi connectivity index (χ0v) is 13.8. The maximum atomic E-state index is 12.6. The fourth-order valence-corrected chi connectivity index (χ4v) is 4.22. The number of nitrogens with one attached hydrogen (secondary N) is 1. The summed E-state index contributed by atoms with van der Waals surface area (Å²) in [4.78, 5) is 17.2. The number of carbonyl (C=O) groups is 1. The predicted octanol–water partition coefficient (Wildman–Crippen LogP) is 2.81. The van der Waals surface area contributed by atoms with Crippen molar-refractivity contribution in [1.82, 2.24) is 15.1 Å². The van der Waals surface area contributed by atoms with E-state index in [9.17, 15) is 4.79 Å². The maximum absolute atomic E-state index is 12.6. The van der Waals surface area contributed by atoms with Crippen LogP contribution in [-0.2, 0) is 0 Å². The van der Waals surface area contributed by atoms with E-state index >= 15 is 0 Å². The number of hydrogen-bond acceptors (Lipinski definition) is 2. The highest BCUT2D eigenvalue weighted by Gasteiger charge is 2.40. The van der Waals surface area contributed by atoms with E-state index in [1.54, 1.807) is 0 Å². The number of hydrogen-bond donors (Lipinski definition) is 1. The molecule has 2 saturated heterocycles. The molecule has 1 N–H and O–H groups in total. The van der Waals surface area contributed by atoms with Crippen LogP contribution in [0.5, 0.6) is 0 Å². The summed E-state index contributed by atoms with van der Waals surface area (Å²) in [5, 5.41) is 3.25. The van der Waals surface area contributed by atoms with Crippen molar-refractivity contribution in [1.29, 1.82) is 0 Å². The maximum Gasteiger partial charge on any atom is 0.317 e. The summed E-state index contributed by atoms with van der Waals surface area (Å²) in [5.41, 5.74) is 1.35. The van der Waals surface area contributed by atoms with Crippen LogP contribution in [0, 0.1) is 0 Å². The Kier molecular flexibility index (Phi) is 4.25. The van der Waals surface area contributed by atoms with Crippen molar-refractivity contribution < 1.29 is 4.79 Å². The number of rotatable bonds is 3. The van der Waals surface area contributed by atoms with E-state index in [4.69, 9.17) is 0 Å². The Morgan fingerprint density at radius 2 is 1.83 bits per heavy atom. The Morgan fingerprint density at radius 3 is 2.61 bits per heavy atom. The molecular weight excluding hydrogens is 286 g/mol. The van der Waals surface area contributed by atoms with Crippen LogP contribution in [0.4, 0.5) is 4.79 Å². The summed E-state index contributed by atoms with van der Waals surface area (Å²) in [5.74, 6) is 0.513. The summed E-state index contributed by atoms with van der Waals surface area (Å²) in [7, 11) is 0. The Balaban J connectivity index is 1.29. The van der Waals surface area contributed by atoms with Gasteiger partial charge < -0.3 is 10.2 Å². The molecule has 2 amide bonds. The molecule has 2 aliphatic heterocycles. The van der Waals surface area contributed by atoms with Gasteiger partial charge in [0.25, 0.3) is 0 Å². The molecule has 0 radical (unpaired) electrons. The van der Waals surface area contributed by atoms with Gasteiger partial charge in [-0.1, -0.05) is 30.3 Å². The molecule has 1 aromatic rings. The van der Waals surface area contributed by atoms with E-state index in [0.29, 0.717) is 18.0 Å². The highest BCUT2D eigenvalue weighted by Crippen LogP contribution is 2.40. The fourth-order valence-electron chi connectivity index (χ4n) is 4.22. The van der Waals surface area contributed by atoms with Crippen molar-refractivity contribution >= 4 is 6.03 Å². The summed E-state index contributed by atoms with van der Waals surface area (Å²) in [6.07, 6.45) is 6.12. The van der Waals surface area contributed by atoms with Crippen LogP contribution in [0.25, 0.3) is 0 Å². The normalized spacial score (nSPS) is 31.1. The zero-order valence-electron chi connectivity index (χ0n) is 13.8. The molecule has 1 saturated carbocycles. The Labute approximate surface area is 138 Å². The molecule has 0 spiro atoms. The molecule has 3 unspecified atom stereocenters. The number of piperidine rings is 1. The lowest BCUT2D eigenvalue weighted by molar-refractivity contribution is 0.125. The van der Waals surface area contributed by atoms with Crippen LogP contribution in [0.3, 0.4) is 0 Å². The predicted molar refractivity (Wildman–Crippen MR) is 91.5 cm³/mol. The minimum absolute atomic E-state index is 0.150. The number of benzene rings is 1. The van der Waals surface area contributed by atoms with Crippen LogP contribution < -0.4 is 5.32 Å². The van der Waals surface area contributed by atoms with Crippen molar-refractivity contribution in [2.24, 2.45) is 0 Å². The van der Waals surface area contributed by atoms with Crippen LogP contribution in [0.15, 0.2) is 30.3 Å². The Bertz CT molecular complexity index is 541. The molecule has 0 aromatic heterocycles. The smallest absolute Gasteiger partial charge is 0.317 e. The third-order valence-corrected chi connectivity index (χ3v) is 5.67. The van der Waals surface area contributed by atoms with Gasteiger partial charge in [-0.3, -0.25) is 4.90 Å². The van der Waals surface area contributed by atoms with E-state index < -0.39 is 0 Å². The lowest BCUT2D eigenvalue weighted by atomic mass is 10.0. The average molecular weight is 313 g/mol. The highest BCUT2D eigenvalue weighted by atomic mass is 16.2. The van der Waals surface area contributed by atoms with Gasteiger partial charge in [0.1, 0.15) is 0 Å². The molecule has 3 atom stereocenters. The van der Waals surface area contributed by atoms with Gasteiger partial charge in [0.15, 0.2) is 0 Å². The molecular formula is C19H27N3O. The largest absolute Gasteiger partial charge is 0.335 e. The first-order chi connectivity index (χ1) is 11.3. The summed E-state index contributed by atoms with van der Waals surface area (Å²) >= 11 is 0. The number of nitrogens with zero attached hydrogens (tertiary/aromatic N) is 2. The second-order valence-corrected chi connectivity index (χ2v) is 7.29. The zero-order chi connectivity index (χ0) is 15.6. The van der Waals surface area contributed by atoms with Crippen LogP contribution in [0.2, 0.25) is 0 Å². The topological polar surface area (TPSA) is 35.6 Å². The van der Waals surface area contributed by atoms with Crippen molar-refractivity contribution in [3.8, 4) is 0 Å². The van der Waals surface area contributed by atoms with E-state index in [-0.39, 0.29) is 6.03 Å². The van der Waals surface area contributed by atoms with Crippen molar-refractivity contribution in [2.75, 3.05) is 26.2 Å². The third kappa shape index (κ3) is 3.37. The monoisotopic (exact) mass is 313 g/mol. The molecule has 1 aliphatic carbocycles. The Hall–Kier alpha value is -1.55. The number of likely N-dealkylation sites (tertiary alicyclic amines) is 2. The molecule has 3 aliphatic rings. The second kappa shape index (κ2) is 6.52. The number of amides is 2. The molecule has 124 valence electrons. The lowest BCUT2D eigenvalue weighted by Crippen LogP contribution is -2.52. The van der Waals surface area contributed by atoms with Crippen LogP contribution in [0.1, 0.15) is 43.6 Å². The lowest BCUT2D eigenvalue weighted by Gasteiger charge is -2.37. The number of urea groups is 1. The summed E-state index contributed by atoms with van der Waals surface area (Å²) < 4.78 is 0. The summed E-state index contributed by atoms with van der Waals surface area (Å²) in [6.45, 7) is 4.27. The SMILES string of the molecule is O=C(NC1CC1c1ccccc1)N1CCCC(N2CCCC2)C1. The molecule has 2 heterocycles. The van der Waals surface area contributed by atoms with Crippen LogP contribution >= 0.6 is 0 Å². The van der Waals surface area contributed by atoms with E-state index in [1.165, 1.54) is 37.9 Å². The summed E-state index contributed by atoms with van der Waals surface area (Å²) in [6, 6.07) is 11.6. The molecule has 4 rings (SSSR count). The van der Waals surface area contributed by atoms with Crippen molar-refractivity contribution in [3.63, 3.8) is 0 Å². The first-order valence-electron chi connectivity index (χ1n) is 9.16. The average Bonchev–Trinajstić information content (AvgIpc) is 3.14. The minimum atomic E-state index is 0.150. The Morgan fingerprint density at radius 1 is 1.04 bits per heavy atom. The number of carbonyl (C=O) groups excluding carboxylic acids is 1. The molecule has 23 heavy (non-hydrogen) atoms. The van der Waals surface area contributed by atoms with Crippen LogP contribution in [-0.4, -0.2) is 54.1 Å². The van der Waals surface area contributed by atoms with E-state index in [1.807, 2.05) is 11.0 Å². The van der Waals surface area contributed by atoms with Gasteiger partial charge in [0.2, 0.25) is 0 Å². The highest BCUT2D eigenvalue weighted by molar-refractivity contribution is 5.75. The first kappa shape index (κ1) is 15.0. The van der Waals surface area contributed by atoms with Gasteiger partial charge >= 0.3 is 6.03 Å². The molecule has 4 nitrogen and oxygen atoms in total. The second-order valence-electron chi connectivity index (χ2n) is 7.29. The van der Waals surface area contributed by atoms with Gasteiger partial charge in [-0.25, -0.2) is 4.79 Å². The van der Waals surface area contributed by atoms with Crippen molar-refractivity contribution in [2.45, 2.75) is 50.1 Å². The van der Waals surface area contributed by atoms with Gasteiger partial charge in [-0.05, 0) is 50.8 Å². The van der Waals surface area contributed by atoms with E-state index in [0.717, 1.165) is 25.9 Å². The van der Waals surface area contributed by atoms with Gasteiger partial charge in [-0.2, -0.15) is 0 Å². The van der Waals surface area contributed by atoms with E-state index in [2.05, 4.69) is 34.5 Å². The molecule has 4 heteroatoms. The van der Waals surface area contributed by atoms with Gasteiger partial charge in [-0.15, -0.1) is 0 Å². The fraction of sp³-hybridized carbons (Fsp3) is 0.632. The molecule has 1 aromatic carbocycles. The van der Waals surface area contributed by atoms with Gasteiger partial charge in [0.05, 0.1) is 0 Å². The molecule has 3 fully saturated rings. The minimum Gasteiger partial charge on any atom is -0.335 e.